The molecule has 1 aromatic rings. The van der Waals surface area contributed by atoms with Crippen LogP contribution >= 0.6 is 11.3 Å². The molecule has 2 atom stereocenters. The maximum atomic E-state index is 14.0. The van der Waals surface area contributed by atoms with Crippen LogP contribution in [0.5, 0.6) is 0 Å². The fourth-order valence-electron chi connectivity index (χ4n) is 5.24. The number of ether oxygens (including phenoxy) is 2. The molecule has 2 heterocycles. The number of carboxylic acid groups (broad SMARTS) is 1. The molecule has 1 saturated heterocycles. The quantitative estimate of drug-likeness (QED) is 0.371. The average Bonchev–Trinajstić information content (AvgIpc) is 3.49. The highest BCUT2D eigenvalue weighted by Gasteiger charge is 2.37. The monoisotopic (exact) mass is 513 g/mol. The van der Waals surface area contributed by atoms with Gasteiger partial charge in [0.1, 0.15) is 4.88 Å². The third-order valence-electron chi connectivity index (χ3n) is 7.23. The van der Waals surface area contributed by atoms with E-state index in [1.165, 1.54) is 16.9 Å². The number of carbonyl (C=O) groups excluding carboxylic acids is 1. The summed E-state index contributed by atoms with van der Waals surface area (Å²) in [6.45, 7) is 9.61. The molecule has 1 amide bonds. The molecule has 3 aliphatic rings. The molecule has 4 rings (SSSR count). The normalized spacial score (nSPS) is 26.6. The molecular weight excluding hydrogens is 474 g/mol. The second-order valence-corrected chi connectivity index (χ2v) is 12.5. The van der Waals surface area contributed by atoms with Crippen molar-refractivity contribution >= 4 is 28.9 Å². The zero-order chi connectivity index (χ0) is 25.9. The fourth-order valence-corrected chi connectivity index (χ4v) is 6.08. The van der Waals surface area contributed by atoms with Crippen molar-refractivity contribution in [2.24, 2.45) is 11.3 Å². The van der Waals surface area contributed by atoms with E-state index in [1.807, 2.05) is 31.7 Å². The van der Waals surface area contributed by atoms with Crippen LogP contribution in [0.15, 0.2) is 17.7 Å². The minimum Gasteiger partial charge on any atom is -0.477 e. The van der Waals surface area contributed by atoms with E-state index in [9.17, 15) is 14.7 Å². The molecule has 2 fully saturated rings. The van der Waals surface area contributed by atoms with Crippen LogP contribution in [0, 0.1) is 23.2 Å². The van der Waals surface area contributed by atoms with Gasteiger partial charge in [-0.25, -0.2) is 4.79 Å². The maximum absolute atomic E-state index is 14.0. The van der Waals surface area contributed by atoms with E-state index in [-0.39, 0.29) is 40.4 Å². The Morgan fingerprint density at radius 1 is 1.14 bits per heavy atom. The Balaban J connectivity index is 1.61. The third kappa shape index (κ3) is 6.79. The molecule has 196 valence electrons. The third-order valence-corrected chi connectivity index (χ3v) is 8.26. The van der Waals surface area contributed by atoms with Crippen LogP contribution in [0.4, 0.5) is 5.69 Å². The number of hydrogen-bond donors (Lipinski definition) is 1. The lowest BCUT2D eigenvalue weighted by atomic mass is 9.86. The predicted octanol–water partition coefficient (Wildman–Crippen LogP) is 6.04. The van der Waals surface area contributed by atoms with E-state index < -0.39 is 5.97 Å². The molecule has 0 spiro atoms. The molecule has 2 aliphatic carbocycles. The summed E-state index contributed by atoms with van der Waals surface area (Å²) in [5, 5.41) is 10.1. The first-order chi connectivity index (χ1) is 17.1. The van der Waals surface area contributed by atoms with Crippen molar-refractivity contribution in [2.75, 3.05) is 18.1 Å². The number of nitrogens with zero attached hydrogens (tertiary/aromatic N) is 1. The van der Waals surface area contributed by atoms with Gasteiger partial charge in [0.25, 0.3) is 0 Å². The van der Waals surface area contributed by atoms with Gasteiger partial charge in [0.2, 0.25) is 5.91 Å². The molecule has 1 N–H and O–H groups in total. The summed E-state index contributed by atoms with van der Waals surface area (Å²) >= 11 is 1.17. The van der Waals surface area contributed by atoms with E-state index in [1.54, 1.807) is 0 Å². The second-order valence-electron chi connectivity index (χ2n) is 11.4. The van der Waals surface area contributed by atoms with Crippen molar-refractivity contribution in [3.8, 4) is 11.8 Å². The van der Waals surface area contributed by atoms with Gasteiger partial charge < -0.3 is 19.5 Å². The van der Waals surface area contributed by atoms with E-state index in [0.29, 0.717) is 23.6 Å². The summed E-state index contributed by atoms with van der Waals surface area (Å²) in [6.07, 6.45) is 9.17. The molecule has 6 nitrogen and oxygen atoms in total. The van der Waals surface area contributed by atoms with Gasteiger partial charge in [-0.2, -0.15) is 0 Å². The highest BCUT2D eigenvalue weighted by Crippen LogP contribution is 2.38. The second kappa shape index (κ2) is 11.5. The Kier molecular flexibility index (Phi) is 8.59. The van der Waals surface area contributed by atoms with Gasteiger partial charge in [-0.05, 0) is 85.1 Å². The highest BCUT2D eigenvalue weighted by atomic mass is 32.1. The Morgan fingerprint density at radius 3 is 2.47 bits per heavy atom. The number of amides is 1. The molecule has 36 heavy (non-hydrogen) atoms. The summed E-state index contributed by atoms with van der Waals surface area (Å²) < 4.78 is 11.7. The summed E-state index contributed by atoms with van der Waals surface area (Å²) in [7, 11) is 0. The van der Waals surface area contributed by atoms with E-state index in [2.05, 4.69) is 24.8 Å². The van der Waals surface area contributed by atoms with Crippen molar-refractivity contribution in [2.45, 2.75) is 97.3 Å². The Labute approximate surface area is 219 Å². The highest BCUT2D eigenvalue weighted by molar-refractivity contribution is 7.15. The van der Waals surface area contributed by atoms with Gasteiger partial charge in [0.15, 0.2) is 0 Å². The zero-order valence-electron chi connectivity index (χ0n) is 22.0. The standard InChI is InChI=1S/C29H39NO5S/c1-19-5-7-20(8-6-19)27(31)30(21-9-11-22(12-10-21)35-23-14-16-34-18-23)25-17-24(13-15-29(2,3)4)36-26(25)28(32)33/h5,17,20-23H,6-12,14,16,18H2,1-4H3,(H,32,33)/t20-,21?,22?,23-/m0/s1. The van der Waals surface area contributed by atoms with Crippen LogP contribution in [0.25, 0.3) is 0 Å². The number of hydrogen-bond acceptors (Lipinski definition) is 5. The summed E-state index contributed by atoms with van der Waals surface area (Å²) in [6, 6.07) is 1.79. The first kappa shape index (κ1) is 26.9. The summed E-state index contributed by atoms with van der Waals surface area (Å²) in [4.78, 5) is 29.0. The van der Waals surface area contributed by atoms with Crippen LogP contribution in [0.2, 0.25) is 0 Å². The first-order valence-corrected chi connectivity index (χ1v) is 14.0. The van der Waals surface area contributed by atoms with Gasteiger partial charge >= 0.3 is 5.97 Å². The summed E-state index contributed by atoms with van der Waals surface area (Å²) in [5.74, 6) is 5.28. The number of allylic oxidation sites excluding steroid dienone is 2. The van der Waals surface area contributed by atoms with E-state index >= 15 is 0 Å². The van der Waals surface area contributed by atoms with Gasteiger partial charge in [0, 0.05) is 24.0 Å². The van der Waals surface area contributed by atoms with Gasteiger partial charge in [-0.15, -0.1) is 11.3 Å². The van der Waals surface area contributed by atoms with Crippen LogP contribution in [-0.4, -0.2) is 48.4 Å². The molecule has 0 aromatic carbocycles. The SMILES string of the molecule is CC1=CC[C@H](C(=O)N(c2cc(C#CC(C)(C)C)sc2C(=O)O)C2CCC(O[C@H]3CCOC3)CC2)CC1. The van der Waals surface area contributed by atoms with E-state index in [0.717, 1.165) is 51.6 Å². The van der Waals surface area contributed by atoms with Gasteiger partial charge in [-0.1, -0.05) is 23.5 Å². The van der Waals surface area contributed by atoms with Crippen molar-refractivity contribution in [1.82, 2.24) is 0 Å². The summed E-state index contributed by atoms with van der Waals surface area (Å²) in [5.41, 5.74) is 1.63. The smallest absolute Gasteiger partial charge is 0.348 e. The molecule has 1 aliphatic heterocycles. The van der Waals surface area contributed by atoms with Gasteiger partial charge in [-0.3, -0.25) is 4.79 Å². The fraction of sp³-hybridized carbons (Fsp3) is 0.655. The molecule has 7 heteroatoms. The van der Waals surface area contributed by atoms with Gasteiger partial charge in [0.05, 0.1) is 29.4 Å². The Bertz CT molecular complexity index is 1040. The number of anilines is 1. The van der Waals surface area contributed by atoms with E-state index in [4.69, 9.17) is 9.47 Å². The van der Waals surface area contributed by atoms with Crippen LogP contribution in [-0.2, 0) is 14.3 Å². The number of rotatable bonds is 6. The lowest BCUT2D eigenvalue weighted by Gasteiger charge is -2.39. The Hall–Kier alpha value is -2.14. The van der Waals surface area contributed by atoms with Crippen molar-refractivity contribution in [3.05, 3.63) is 27.5 Å². The number of carboxylic acids is 1. The Morgan fingerprint density at radius 2 is 1.89 bits per heavy atom. The minimum atomic E-state index is -1.01. The molecule has 0 radical (unpaired) electrons. The average molecular weight is 514 g/mol. The van der Waals surface area contributed by atoms with Crippen LogP contribution < -0.4 is 4.90 Å². The van der Waals surface area contributed by atoms with Crippen molar-refractivity contribution < 1.29 is 24.2 Å². The molecule has 1 saturated carbocycles. The van der Waals surface area contributed by atoms with Crippen LogP contribution in [0.3, 0.4) is 0 Å². The number of thiophene rings is 1. The lowest BCUT2D eigenvalue weighted by molar-refractivity contribution is -0.123. The lowest BCUT2D eigenvalue weighted by Crippen LogP contribution is -2.47. The molecule has 0 unspecified atom stereocenters. The first-order valence-electron chi connectivity index (χ1n) is 13.2. The topological polar surface area (TPSA) is 76.1 Å². The molecule has 1 aromatic heterocycles. The van der Waals surface area contributed by atoms with Crippen molar-refractivity contribution in [1.29, 1.82) is 0 Å². The molecule has 0 bridgehead atoms. The number of carbonyl (C=O) groups is 2. The number of aromatic carboxylic acids is 1. The largest absolute Gasteiger partial charge is 0.477 e. The van der Waals surface area contributed by atoms with Crippen molar-refractivity contribution in [3.63, 3.8) is 0 Å². The molecular formula is C29H39NO5S. The minimum absolute atomic E-state index is 0.0414. The maximum Gasteiger partial charge on any atom is 0.348 e. The van der Waals surface area contributed by atoms with Crippen LogP contribution in [0.1, 0.15) is 93.6 Å². The zero-order valence-corrected chi connectivity index (χ0v) is 22.8. The predicted molar refractivity (Wildman–Crippen MR) is 143 cm³/mol.